The average molecular weight is 211 g/mol. The maximum Gasteiger partial charge on any atom is 0.330 e. The average Bonchev–Trinajstić information content (AvgIpc) is 2.21. The van der Waals surface area contributed by atoms with Gasteiger partial charge in [-0.05, 0) is 33.2 Å². The molecule has 1 unspecified atom stereocenters. The number of esters is 1. The fourth-order valence-corrected chi connectivity index (χ4v) is 1.90. The van der Waals surface area contributed by atoms with E-state index in [0.717, 1.165) is 13.1 Å². The number of likely N-dealkylation sites (tertiary alicyclic amines) is 1. The maximum absolute atomic E-state index is 11.0. The number of piperidine rings is 1. The minimum absolute atomic E-state index is 0.234. The lowest BCUT2D eigenvalue weighted by Gasteiger charge is -2.32. The van der Waals surface area contributed by atoms with Gasteiger partial charge in [-0.1, -0.05) is 12.5 Å². The molecule has 1 atom stereocenters. The van der Waals surface area contributed by atoms with E-state index in [1.165, 1.54) is 25.3 Å². The molecular weight excluding hydrogens is 190 g/mol. The molecule has 1 heterocycles. The van der Waals surface area contributed by atoms with Crippen molar-refractivity contribution in [3.63, 3.8) is 0 Å². The van der Waals surface area contributed by atoms with Crippen LogP contribution in [-0.4, -0.2) is 36.6 Å². The van der Waals surface area contributed by atoms with Gasteiger partial charge in [0.1, 0.15) is 0 Å². The second-order valence-electron chi connectivity index (χ2n) is 3.99. The highest BCUT2D eigenvalue weighted by atomic mass is 16.5. The molecule has 1 rings (SSSR count). The number of carbonyl (C=O) groups excluding carboxylic acids is 1. The molecule has 0 N–H and O–H groups in total. The van der Waals surface area contributed by atoms with Crippen LogP contribution >= 0.6 is 0 Å². The van der Waals surface area contributed by atoms with Gasteiger partial charge >= 0.3 is 5.97 Å². The Morgan fingerprint density at radius 2 is 2.33 bits per heavy atom. The van der Waals surface area contributed by atoms with E-state index in [1.54, 1.807) is 0 Å². The molecule has 1 aliphatic rings. The SMILES string of the molecule is CCOC(=O)/C=C/CN1CCCCC1C. The predicted octanol–water partition coefficient (Wildman–Crippen LogP) is 1.98. The molecule has 0 radical (unpaired) electrons. The van der Waals surface area contributed by atoms with Crippen LogP contribution in [0.2, 0.25) is 0 Å². The van der Waals surface area contributed by atoms with Crippen molar-refractivity contribution in [3.05, 3.63) is 12.2 Å². The molecule has 0 aromatic heterocycles. The number of rotatable bonds is 4. The smallest absolute Gasteiger partial charge is 0.330 e. The van der Waals surface area contributed by atoms with Gasteiger partial charge < -0.3 is 4.74 Å². The summed E-state index contributed by atoms with van der Waals surface area (Å²) in [5, 5.41) is 0. The number of nitrogens with zero attached hydrogens (tertiary/aromatic N) is 1. The summed E-state index contributed by atoms with van der Waals surface area (Å²) in [4.78, 5) is 13.4. The molecule has 0 spiro atoms. The molecule has 0 aromatic carbocycles. The minimum Gasteiger partial charge on any atom is -0.463 e. The van der Waals surface area contributed by atoms with Crippen LogP contribution in [0.25, 0.3) is 0 Å². The molecule has 0 saturated carbocycles. The van der Waals surface area contributed by atoms with Crippen molar-refractivity contribution >= 4 is 5.97 Å². The first-order chi connectivity index (χ1) is 7.24. The Labute approximate surface area is 92.1 Å². The predicted molar refractivity (Wildman–Crippen MR) is 60.7 cm³/mol. The van der Waals surface area contributed by atoms with Crippen molar-refractivity contribution in [1.82, 2.24) is 4.90 Å². The minimum atomic E-state index is -0.234. The van der Waals surface area contributed by atoms with Crippen molar-refractivity contribution < 1.29 is 9.53 Å². The highest BCUT2D eigenvalue weighted by Gasteiger charge is 2.16. The summed E-state index contributed by atoms with van der Waals surface area (Å²) in [5.41, 5.74) is 0. The molecule has 0 aliphatic carbocycles. The molecule has 0 bridgehead atoms. The zero-order valence-corrected chi connectivity index (χ0v) is 9.74. The Bertz CT molecular complexity index is 226. The van der Waals surface area contributed by atoms with Gasteiger partial charge in [0.15, 0.2) is 0 Å². The summed E-state index contributed by atoms with van der Waals surface area (Å²) in [6, 6.07) is 0.644. The third kappa shape index (κ3) is 4.47. The third-order valence-electron chi connectivity index (χ3n) is 2.82. The normalized spacial score (nSPS) is 23.2. The second kappa shape index (κ2) is 6.62. The molecule has 1 saturated heterocycles. The third-order valence-corrected chi connectivity index (χ3v) is 2.82. The van der Waals surface area contributed by atoms with Gasteiger partial charge in [-0.3, -0.25) is 4.90 Å². The number of carbonyl (C=O) groups is 1. The van der Waals surface area contributed by atoms with Gasteiger partial charge in [0, 0.05) is 18.7 Å². The fourth-order valence-electron chi connectivity index (χ4n) is 1.90. The zero-order chi connectivity index (χ0) is 11.1. The van der Waals surface area contributed by atoms with Crippen molar-refractivity contribution in [2.45, 2.75) is 39.2 Å². The Morgan fingerprint density at radius 3 is 3.00 bits per heavy atom. The van der Waals surface area contributed by atoms with Gasteiger partial charge in [-0.2, -0.15) is 0 Å². The highest BCUT2D eigenvalue weighted by molar-refractivity contribution is 5.81. The van der Waals surface area contributed by atoms with Gasteiger partial charge in [0.25, 0.3) is 0 Å². The summed E-state index contributed by atoms with van der Waals surface area (Å²) in [6.45, 7) is 6.52. The molecule has 86 valence electrons. The van der Waals surface area contributed by atoms with E-state index < -0.39 is 0 Å². The van der Waals surface area contributed by atoms with E-state index in [4.69, 9.17) is 4.74 Å². The molecule has 0 amide bonds. The highest BCUT2D eigenvalue weighted by Crippen LogP contribution is 2.15. The van der Waals surface area contributed by atoms with E-state index in [-0.39, 0.29) is 5.97 Å². The summed E-state index contributed by atoms with van der Waals surface area (Å²) < 4.78 is 4.81. The van der Waals surface area contributed by atoms with Crippen LogP contribution < -0.4 is 0 Å². The van der Waals surface area contributed by atoms with E-state index in [1.807, 2.05) is 13.0 Å². The molecule has 0 aromatic rings. The number of ether oxygens (including phenoxy) is 1. The lowest BCUT2D eigenvalue weighted by Crippen LogP contribution is -2.37. The molecular formula is C12H21NO2. The van der Waals surface area contributed by atoms with Gasteiger partial charge in [-0.15, -0.1) is 0 Å². The van der Waals surface area contributed by atoms with Crippen molar-refractivity contribution in [1.29, 1.82) is 0 Å². The molecule has 3 nitrogen and oxygen atoms in total. The summed E-state index contributed by atoms with van der Waals surface area (Å²) in [5.74, 6) is -0.234. The zero-order valence-electron chi connectivity index (χ0n) is 9.74. The summed E-state index contributed by atoms with van der Waals surface area (Å²) >= 11 is 0. The Balaban J connectivity index is 2.25. The van der Waals surface area contributed by atoms with Crippen LogP contribution in [0.3, 0.4) is 0 Å². The number of hydrogen-bond acceptors (Lipinski definition) is 3. The topological polar surface area (TPSA) is 29.5 Å². The van der Waals surface area contributed by atoms with Crippen LogP contribution in [0.1, 0.15) is 33.1 Å². The molecule has 1 fully saturated rings. The van der Waals surface area contributed by atoms with Crippen LogP contribution in [0, 0.1) is 0 Å². The van der Waals surface area contributed by atoms with E-state index in [0.29, 0.717) is 12.6 Å². The molecule has 3 heteroatoms. The summed E-state index contributed by atoms with van der Waals surface area (Å²) in [7, 11) is 0. The van der Waals surface area contributed by atoms with Gasteiger partial charge in [0.05, 0.1) is 6.61 Å². The Hall–Kier alpha value is -0.830. The summed E-state index contributed by atoms with van der Waals surface area (Å²) in [6.07, 6.45) is 7.31. The first-order valence-corrected chi connectivity index (χ1v) is 5.81. The fraction of sp³-hybridized carbons (Fsp3) is 0.750. The monoisotopic (exact) mass is 211 g/mol. The van der Waals surface area contributed by atoms with Gasteiger partial charge in [0.2, 0.25) is 0 Å². The lowest BCUT2D eigenvalue weighted by molar-refractivity contribution is -0.137. The van der Waals surface area contributed by atoms with E-state index >= 15 is 0 Å². The lowest BCUT2D eigenvalue weighted by atomic mass is 10.0. The van der Waals surface area contributed by atoms with E-state index in [2.05, 4.69) is 11.8 Å². The van der Waals surface area contributed by atoms with Crippen LogP contribution in [0.15, 0.2) is 12.2 Å². The Kier molecular flexibility index (Phi) is 5.40. The maximum atomic E-state index is 11.0. The Morgan fingerprint density at radius 1 is 1.53 bits per heavy atom. The van der Waals surface area contributed by atoms with Crippen molar-refractivity contribution in [2.24, 2.45) is 0 Å². The largest absolute Gasteiger partial charge is 0.463 e. The second-order valence-corrected chi connectivity index (χ2v) is 3.99. The molecule has 1 aliphatic heterocycles. The standard InChI is InChI=1S/C12H21NO2/c1-3-15-12(14)8-6-10-13-9-5-4-7-11(13)2/h6,8,11H,3-5,7,9-10H2,1-2H3/b8-6+. The number of hydrogen-bond donors (Lipinski definition) is 0. The first-order valence-electron chi connectivity index (χ1n) is 5.81. The molecule has 15 heavy (non-hydrogen) atoms. The van der Waals surface area contributed by atoms with Crippen LogP contribution in [0.5, 0.6) is 0 Å². The quantitative estimate of drug-likeness (QED) is 0.526. The van der Waals surface area contributed by atoms with Crippen molar-refractivity contribution in [2.75, 3.05) is 19.7 Å². The van der Waals surface area contributed by atoms with E-state index in [9.17, 15) is 4.79 Å². The van der Waals surface area contributed by atoms with Crippen LogP contribution in [0.4, 0.5) is 0 Å². The van der Waals surface area contributed by atoms with Crippen molar-refractivity contribution in [3.8, 4) is 0 Å². The van der Waals surface area contributed by atoms with Crippen LogP contribution in [-0.2, 0) is 9.53 Å². The van der Waals surface area contributed by atoms with Gasteiger partial charge in [-0.25, -0.2) is 4.79 Å². The first kappa shape index (κ1) is 12.2.